The molecule has 18 heavy (non-hydrogen) atoms. The zero-order valence-electron chi connectivity index (χ0n) is 10.4. The SMILES string of the molecule is CCCNC(=O)C(C)NC(=O)N[C@@H](CO)C(=O)O. The van der Waals surface area contributed by atoms with Crippen molar-refractivity contribution < 1.29 is 24.6 Å². The van der Waals surface area contributed by atoms with Crippen LogP contribution in [0.15, 0.2) is 0 Å². The first-order valence-electron chi connectivity index (χ1n) is 5.60. The molecule has 8 nitrogen and oxygen atoms in total. The van der Waals surface area contributed by atoms with Crippen molar-refractivity contribution in [3.63, 3.8) is 0 Å². The van der Waals surface area contributed by atoms with Crippen molar-refractivity contribution in [3.05, 3.63) is 0 Å². The number of amides is 3. The largest absolute Gasteiger partial charge is 0.480 e. The van der Waals surface area contributed by atoms with Crippen molar-refractivity contribution in [2.24, 2.45) is 0 Å². The van der Waals surface area contributed by atoms with E-state index in [9.17, 15) is 14.4 Å². The second-order valence-electron chi connectivity index (χ2n) is 3.70. The van der Waals surface area contributed by atoms with Gasteiger partial charge in [0, 0.05) is 6.54 Å². The molecule has 1 unspecified atom stereocenters. The number of aliphatic hydroxyl groups excluding tert-OH is 1. The average Bonchev–Trinajstić information content (AvgIpc) is 2.32. The maximum Gasteiger partial charge on any atom is 0.328 e. The molecular weight excluding hydrogens is 242 g/mol. The van der Waals surface area contributed by atoms with Crippen LogP contribution in [0.2, 0.25) is 0 Å². The van der Waals surface area contributed by atoms with Crippen molar-refractivity contribution in [3.8, 4) is 0 Å². The molecule has 2 atom stereocenters. The van der Waals surface area contributed by atoms with Gasteiger partial charge in [0.15, 0.2) is 6.04 Å². The minimum Gasteiger partial charge on any atom is -0.480 e. The molecule has 0 aliphatic carbocycles. The third-order valence-corrected chi connectivity index (χ3v) is 2.08. The summed E-state index contributed by atoms with van der Waals surface area (Å²) in [5, 5.41) is 24.2. The Kier molecular flexibility index (Phi) is 7.45. The lowest BCUT2D eigenvalue weighted by Gasteiger charge is -2.16. The molecule has 0 aromatic heterocycles. The number of hydrogen-bond donors (Lipinski definition) is 5. The van der Waals surface area contributed by atoms with Gasteiger partial charge in [-0.05, 0) is 13.3 Å². The minimum absolute atomic E-state index is 0.358. The van der Waals surface area contributed by atoms with Crippen LogP contribution in [0.1, 0.15) is 20.3 Å². The van der Waals surface area contributed by atoms with E-state index in [-0.39, 0.29) is 5.91 Å². The molecule has 0 aromatic carbocycles. The van der Waals surface area contributed by atoms with E-state index < -0.39 is 30.7 Å². The topological polar surface area (TPSA) is 128 Å². The van der Waals surface area contributed by atoms with E-state index in [1.807, 2.05) is 12.2 Å². The quantitative estimate of drug-likeness (QED) is 0.387. The molecule has 0 saturated carbocycles. The van der Waals surface area contributed by atoms with Crippen LogP contribution in [-0.2, 0) is 9.59 Å². The van der Waals surface area contributed by atoms with Gasteiger partial charge in [0.25, 0.3) is 0 Å². The molecule has 0 spiro atoms. The number of carbonyl (C=O) groups is 3. The highest BCUT2D eigenvalue weighted by molar-refractivity contribution is 5.88. The molecule has 0 radical (unpaired) electrons. The summed E-state index contributed by atoms with van der Waals surface area (Å²) >= 11 is 0. The molecule has 3 amide bonds. The molecule has 0 aliphatic heterocycles. The van der Waals surface area contributed by atoms with Gasteiger partial charge in [-0.2, -0.15) is 0 Å². The molecule has 0 rings (SSSR count). The highest BCUT2D eigenvalue weighted by Gasteiger charge is 2.21. The van der Waals surface area contributed by atoms with Gasteiger partial charge in [0.05, 0.1) is 6.61 Å². The molecule has 8 heteroatoms. The molecular formula is C10H19N3O5. The van der Waals surface area contributed by atoms with Gasteiger partial charge in [-0.3, -0.25) is 4.79 Å². The van der Waals surface area contributed by atoms with Gasteiger partial charge in [-0.15, -0.1) is 0 Å². The number of urea groups is 1. The first-order chi connectivity index (χ1) is 8.42. The molecule has 0 aromatic rings. The zero-order valence-corrected chi connectivity index (χ0v) is 10.4. The Balaban J connectivity index is 4.14. The van der Waals surface area contributed by atoms with Gasteiger partial charge in [-0.25, -0.2) is 9.59 Å². The number of aliphatic hydroxyl groups is 1. The summed E-state index contributed by atoms with van der Waals surface area (Å²) in [6.07, 6.45) is 0.774. The molecule has 0 heterocycles. The van der Waals surface area contributed by atoms with Crippen molar-refractivity contribution in [2.45, 2.75) is 32.4 Å². The van der Waals surface area contributed by atoms with Crippen LogP contribution in [0, 0.1) is 0 Å². The number of hydrogen-bond acceptors (Lipinski definition) is 4. The summed E-state index contributed by atoms with van der Waals surface area (Å²) in [4.78, 5) is 33.3. The summed E-state index contributed by atoms with van der Waals surface area (Å²) in [6.45, 7) is 3.14. The van der Waals surface area contributed by atoms with Gasteiger partial charge >= 0.3 is 12.0 Å². The standard InChI is InChI=1S/C10H19N3O5/c1-3-4-11-8(15)6(2)12-10(18)13-7(5-14)9(16)17/h6-7,14H,3-5H2,1-2H3,(H,11,15)(H,16,17)(H2,12,13,18)/t6?,7-/m0/s1. The summed E-state index contributed by atoms with van der Waals surface area (Å²) in [5.41, 5.74) is 0. The average molecular weight is 261 g/mol. The molecule has 0 saturated heterocycles. The first-order valence-corrected chi connectivity index (χ1v) is 5.60. The number of aliphatic carboxylic acids is 1. The Hall–Kier alpha value is -1.83. The summed E-state index contributed by atoms with van der Waals surface area (Å²) in [6, 6.07) is -3.00. The number of rotatable bonds is 7. The van der Waals surface area contributed by atoms with Crippen molar-refractivity contribution in [1.82, 2.24) is 16.0 Å². The van der Waals surface area contributed by atoms with E-state index >= 15 is 0 Å². The van der Waals surface area contributed by atoms with Crippen LogP contribution in [0.25, 0.3) is 0 Å². The molecule has 0 aliphatic rings. The Labute approximate surface area is 105 Å². The Bertz CT molecular complexity index is 308. The fraction of sp³-hybridized carbons (Fsp3) is 0.700. The van der Waals surface area contributed by atoms with Crippen LogP contribution < -0.4 is 16.0 Å². The molecule has 5 N–H and O–H groups in total. The number of carbonyl (C=O) groups excluding carboxylic acids is 2. The lowest BCUT2D eigenvalue weighted by molar-refractivity contribution is -0.140. The molecule has 0 fully saturated rings. The van der Waals surface area contributed by atoms with E-state index in [2.05, 4.69) is 10.6 Å². The second kappa shape index (κ2) is 8.29. The minimum atomic E-state index is -1.39. The van der Waals surface area contributed by atoms with Crippen molar-refractivity contribution in [2.75, 3.05) is 13.2 Å². The number of carboxylic acids is 1. The van der Waals surface area contributed by atoms with E-state index in [4.69, 9.17) is 10.2 Å². The van der Waals surface area contributed by atoms with E-state index in [1.54, 1.807) is 0 Å². The molecule has 104 valence electrons. The lowest BCUT2D eigenvalue weighted by Crippen LogP contribution is -2.53. The Morgan fingerprint density at radius 1 is 1.22 bits per heavy atom. The van der Waals surface area contributed by atoms with Crippen LogP contribution in [-0.4, -0.2) is 53.4 Å². The number of nitrogens with one attached hydrogen (secondary N) is 3. The monoisotopic (exact) mass is 261 g/mol. The normalized spacial score (nSPS) is 13.3. The van der Waals surface area contributed by atoms with Gasteiger partial charge in [0.2, 0.25) is 5.91 Å². The van der Waals surface area contributed by atoms with Gasteiger partial charge in [0.1, 0.15) is 6.04 Å². The van der Waals surface area contributed by atoms with Crippen LogP contribution in [0.3, 0.4) is 0 Å². The second-order valence-corrected chi connectivity index (χ2v) is 3.70. The maximum atomic E-state index is 11.4. The Morgan fingerprint density at radius 2 is 1.83 bits per heavy atom. The van der Waals surface area contributed by atoms with E-state index in [0.29, 0.717) is 6.54 Å². The fourth-order valence-corrected chi connectivity index (χ4v) is 1.05. The highest BCUT2D eigenvalue weighted by atomic mass is 16.4. The first kappa shape index (κ1) is 16.2. The lowest BCUT2D eigenvalue weighted by atomic mass is 10.3. The number of carboxylic acid groups (broad SMARTS) is 1. The summed E-state index contributed by atoms with van der Waals surface area (Å²) in [7, 11) is 0. The third-order valence-electron chi connectivity index (χ3n) is 2.08. The van der Waals surface area contributed by atoms with Crippen molar-refractivity contribution in [1.29, 1.82) is 0 Å². The van der Waals surface area contributed by atoms with Gasteiger partial charge in [-0.1, -0.05) is 6.92 Å². The van der Waals surface area contributed by atoms with E-state index in [0.717, 1.165) is 6.42 Å². The third kappa shape index (κ3) is 6.04. The maximum absolute atomic E-state index is 11.4. The zero-order chi connectivity index (χ0) is 14.1. The van der Waals surface area contributed by atoms with Gasteiger partial charge < -0.3 is 26.2 Å². The smallest absolute Gasteiger partial charge is 0.328 e. The van der Waals surface area contributed by atoms with Crippen LogP contribution in [0.5, 0.6) is 0 Å². The predicted molar refractivity (Wildman–Crippen MR) is 62.9 cm³/mol. The van der Waals surface area contributed by atoms with E-state index in [1.165, 1.54) is 6.92 Å². The highest BCUT2D eigenvalue weighted by Crippen LogP contribution is 1.86. The summed E-state index contributed by atoms with van der Waals surface area (Å²) < 4.78 is 0. The molecule has 0 bridgehead atoms. The Morgan fingerprint density at radius 3 is 2.28 bits per heavy atom. The van der Waals surface area contributed by atoms with Crippen LogP contribution >= 0.6 is 0 Å². The van der Waals surface area contributed by atoms with Crippen LogP contribution in [0.4, 0.5) is 4.79 Å². The predicted octanol–water partition coefficient (Wildman–Crippen LogP) is -1.35. The summed E-state index contributed by atoms with van der Waals surface area (Å²) in [5.74, 6) is -1.71. The fourth-order valence-electron chi connectivity index (χ4n) is 1.05. The van der Waals surface area contributed by atoms with Crippen molar-refractivity contribution >= 4 is 17.9 Å².